The Kier molecular flexibility index (Phi) is 6.75. The number of nitrogens with two attached hydrogens (primary N) is 1. The summed E-state index contributed by atoms with van der Waals surface area (Å²) in [7, 11) is 0. The van der Waals surface area contributed by atoms with Gasteiger partial charge in [-0.2, -0.15) is 0 Å². The first-order valence-electron chi connectivity index (χ1n) is 5.87. The molecule has 4 nitrogen and oxygen atoms in total. The molecule has 1 aliphatic rings. The number of hydrogen-bond acceptors (Lipinski definition) is 4. The summed E-state index contributed by atoms with van der Waals surface area (Å²) in [6.45, 7) is 7.60. The van der Waals surface area contributed by atoms with E-state index in [9.17, 15) is 4.79 Å². The van der Waals surface area contributed by atoms with E-state index >= 15 is 0 Å². The molecule has 7 heteroatoms. The highest BCUT2D eigenvalue weighted by Crippen LogP contribution is 2.29. The van der Waals surface area contributed by atoms with Crippen molar-refractivity contribution >= 4 is 42.1 Å². The van der Waals surface area contributed by atoms with E-state index in [1.54, 1.807) is 5.51 Å². The molecule has 1 unspecified atom stereocenters. The molecule has 0 radical (unpaired) electrons. The van der Waals surface area contributed by atoms with E-state index in [4.69, 9.17) is 5.73 Å². The Morgan fingerprint density at radius 1 is 1.53 bits per heavy atom. The Morgan fingerprint density at radius 3 is 2.63 bits per heavy atom. The third-order valence-electron chi connectivity index (χ3n) is 3.54. The lowest BCUT2D eigenvalue weighted by molar-refractivity contribution is 0.0536. The number of amides is 1. The minimum Gasteiger partial charge on any atom is -0.337 e. The summed E-state index contributed by atoms with van der Waals surface area (Å²) in [4.78, 5) is 19.1. The van der Waals surface area contributed by atoms with Gasteiger partial charge in [0.25, 0.3) is 5.91 Å². The standard InChI is InChI=1S/C12H19N3OS.2ClH/c1-8-10(17-7-14-8)11(16)15-5-4-9(13)12(2,3)6-15;;/h7,9H,4-6,13H2,1-3H3;2*1H. The number of likely N-dealkylation sites (tertiary alicyclic amines) is 1. The first-order valence-corrected chi connectivity index (χ1v) is 6.75. The Bertz CT molecular complexity index is 436. The van der Waals surface area contributed by atoms with Crippen LogP contribution in [0.2, 0.25) is 0 Å². The molecule has 1 aromatic heterocycles. The number of piperidine rings is 1. The number of aromatic nitrogens is 1. The lowest BCUT2D eigenvalue weighted by Crippen LogP contribution is -2.53. The summed E-state index contributed by atoms with van der Waals surface area (Å²) >= 11 is 1.42. The maximum atomic E-state index is 12.3. The normalized spacial score (nSPS) is 21.3. The number of thiazole rings is 1. The molecule has 0 saturated carbocycles. The van der Waals surface area contributed by atoms with Gasteiger partial charge in [0.2, 0.25) is 0 Å². The average Bonchev–Trinajstić information content (AvgIpc) is 2.67. The molecule has 1 fully saturated rings. The molecule has 110 valence electrons. The summed E-state index contributed by atoms with van der Waals surface area (Å²) < 4.78 is 0. The van der Waals surface area contributed by atoms with Gasteiger partial charge >= 0.3 is 0 Å². The van der Waals surface area contributed by atoms with Crippen molar-refractivity contribution in [2.75, 3.05) is 13.1 Å². The first kappa shape index (κ1) is 18.6. The SMILES string of the molecule is Cc1ncsc1C(=O)N1CCC(N)C(C)(C)C1.Cl.Cl. The quantitative estimate of drug-likeness (QED) is 0.862. The van der Waals surface area contributed by atoms with Crippen molar-refractivity contribution in [3.8, 4) is 0 Å². The first-order chi connectivity index (χ1) is 7.92. The fourth-order valence-corrected chi connectivity index (χ4v) is 2.97. The van der Waals surface area contributed by atoms with Crippen LogP contribution in [0.15, 0.2) is 5.51 Å². The molecule has 1 saturated heterocycles. The second-order valence-corrected chi connectivity index (χ2v) is 6.23. The van der Waals surface area contributed by atoms with Crippen molar-refractivity contribution < 1.29 is 4.79 Å². The van der Waals surface area contributed by atoms with Gasteiger partial charge in [0.15, 0.2) is 0 Å². The Labute approximate surface area is 130 Å². The van der Waals surface area contributed by atoms with Crippen LogP contribution in [0, 0.1) is 12.3 Å². The summed E-state index contributed by atoms with van der Waals surface area (Å²) in [5, 5.41) is 0. The molecule has 1 atom stereocenters. The summed E-state index contributed by atoms with van der Waals surface area (Å²) in [5.74, 6) is 0.102. The molecule has 2 N–H and O–H groups in total. The number of carbonyl (C=O) groups is 1. The zero-order valence-electron chi connectivity index (χ0n) is 11.4. The fourth-order valence-electron chi connectivity index (χ4n) is 2.20. The van der Waals surface area contributed by atoms with E-state index in [0.717, 1.165) is 30.1 Å². The predicted octanol–water partition coefficient (Wildman–Crippen LogP) is 2.49. The van der Waals surface area contributed by atoms with Gasteiger partial charge in [-0.15, -0.1) is 36.2 Å². The summed E-state index contributed by atoms with van der Waals surface area (Å²) in [6.07, 6.45) is 0.872. The molecule has 1 aromatic rings. The van der Waals surface area contributed by atoms with Crippen LogP contribution in [-0.2, 0) is 0 Å². The van der Waals surface area contributed by atoms with Gasteiger partial charge < -0.3 is 10.6 Å². The largest absolute Gasteiger partial charge is 0.337 e. The van der Waals surface area contributed by atoms with Gasteiger partial charge in [-0.1, -0.05) is 13.8 Å². The van der Waals surface area contributed by atoms with Crippen molar-refractivity contribution in [3.05, 3.63) is 16.1 Å². The van der Waals surface area contributed by atoms with Crippen LogP contribution < -0.4 is 5.73 Å². The summed E-state index contributed by atoms with van der Waals surface area (Å²) in [5.41, 5.74) is 8.62. The number of halogens is 2. The molecule has 0 aliphatic carbocycles. The van der Waals surface area contributed by atoms with Gasteiger partial charge in [0, 0.05) is 19.1 Å². The Balaban J connectivity index is 0.00000162. The van der Waals surface area contributed by atoms with Crippen LogP contribution in [0.25, 0.3) is 0 Å². The molecule has 2 heterocycles. The van der Waals surface area contributed by atoms with E-state index in [2.05, 4.69) is 18.8 Å². The third-order valence-corrected chi connectivity index (χ3v) is 4.46. The number of hydrogen-bond donors (Lipinski definition) is 1. The van der Waals surface area contributed by atoms with Crippen LogP contribution in [0.4, 0.5) is 0 Å². The van der Waals surface area contributed by atoms with E-state index in [1.807, 2.05) is 11.8 Å². The molecule has 19 heavy (non-hydrogen) atoms. The molecule has 2 rings (SSSR count). The van der Waals surface area contributed by atoms with Crippen LogP contribution in [0.3, 0.4) is 0 Å². The average molecular weight is 326 g/mol. The van der Waals surface area contributed by atoms with Crippen molar-refractivity contribution in [1.82, 2.24) is 9.88 Å². The van der Waals surface area contributed by atoms with Crippen molar-refractivity contribution in [3.63, 3.8) is 0 Å². The van der Waals surface area contributed by atoms with E-state index in [0.29, 0.717) is 0 Å². The summed E-state index contributed by atoms with van der Waals surface area (Å²) in [6, 6.07) is 0.175. The molecular formula is C12H21Cl2N3OS. The van der Waals surface area contributed by atoms with Gasteiger partial charge in [-0.3, -0.25) is 4.79 Å². The topological polar surface area (TPSA) is 59.2 Å². The van der Waals surface area contributed by atoms with Gasteiger partial charge in [0.05, 0.1) is 11.2 Å². The lowest BCUT2D eigenvalue weighted by atomic mass is 9.79. The second kappa shape index (κ2) is 6.88. The minimum atomic E-state index is -0.00744. The fraction of sp³-hybridized carbons (Fsp3) is 0.667. The highest BCUT2D eigenvalue weighted by Gasteiger charge is 2.36. The highest BCUT2D eigenvalue weighted by atomic mass is 35.5. The smallest absolute Gasteiger partial charge is 0.265 e. The molecular weight excluding hydrogens is 305 g/mol. The Morgan fingerprint density at radius 2 is 2.16 bits per heavy atom. The van der Waals surface area contributed by atoms with Crippen LogP contribution in [0.1, 0.15) is 35.6 Å². The zero-order chi connectivity index (χ0) is 12.6. The van der Waals surface area contributed by atoms with Crippen LogP contribution in [0.5, 0.6) is 0 Å². The molecule has 1 aliphatic heterocycles. The van der Waals surface area contributed by atoms with Crippen molar-refractivity contribution in [1.29, 1.82) is 0 Å². The van der Waals surface area contributed by atoms with E-state index < -0.39 is 0 Å². The highest BCUT2D eigenvalue weighted by molar-refractivity contribution is 7.11. The van der Waals surface area contributed by atoms with Crippen molar-refractivity contribution in [2.24, 2.45) is 11.1 Å². The minimum absolute atomic E-state index is 0. The molecule has 0 spiro atoms. The Hall–Kier alpha value is -0.360. The predicted molar refractivity (Wildman–Crippen MR) is 83.6 cm³/mol. The lowest BCUT2D eigenvalue weighted by Gasteiger charge is -2.42. The van der Waals surface area contributed by atoms with Crippen LogP contribution >= 0.6 is 36.2 Å². The van der Waals surface area contributed by atoms with Gasteiger partial charge in [0.1, 0.15) is 4.88 Å². The van der Waals surface area contributed by atoms with E-state index in [-0.39, 0.29) is 42.2 Å². The number of rotatable bonds is 1. The van der Waals surface area contributed by atoms with Gasteiger partial charge in [-0.25, -0.2) is 4.98 Å². The van der Waals surface area contributed by atoms with E-state index in [1.165, 1.54) is 11.3 Å². The molecule has 1 amide bonds. The van der Waals surface area contributed by atoms with Crippen LogP contribution in [-0.4, -0.2) is 34.9 Å². The maximum absolute atomic E-state index is 12.3. The van der Waals surface area contributed by atoms with Crippen molar-refractivity contribution in [2.45, 2.75) is 33.2 Å². The monoisotopic (exact) mass is 325 g/mol. The zero-order valence-corrected chi connectivity index (χ0v) is 13.8. The number of nitrogens with zero attached hydrogens (tertiary/aromatic N) is 2. The third kappa shape index (κ3) is 3.81. The number of aryl methyl sites for hydroxylation is 1. The maximum Gasteiger partial charge on any atom is 0.265 e. The number of carbonyl (C=O) groups excluding carboxylic acids is 1. The molecule has 0 aromatic carbocycles. The van der Waals surface area contributed by atoms with Gasteiger partial charge in [-0.05, 0) is 18.8 Å². The second-order valence-electron chi connectivity index (χ2n) is 5.38. The molecule has 0 bridgehead atoms.